The van der Waals surface area contributed by atoms with Gasteiger partial charge in [0.2, 0.25) is 0 Å². The van der Waals surface area contributed by atoms with Crippen molar-refractivity contribution < 1.29 is 4.39 Å². The summed E-state index contributed by atoms with van der Waals surface area (Å²) in [5, 5.41) is 19.6. The second-order valence-corrected chi connectivity index (χ2v) is 7.69. The van der Waals surface area contributed by atoms with E-state index in [-0.39, 0.29) is 5.82 Å². The van der Waals surface area contributed by atoms with Crippen molar-refractivity contribution in [2.24, 2.45) is 0 Å². The number of hydrogen-bond acceptors (Lipinski definition) is 4. The largest absolute Gasteiger partial charge is 0.364 e. The summed E-state index contributed by atoms with van der Waals surface area (Å²) in [6, 6.07) is 18.4. The molecular weight excluding hydrogens is 445 g/mol. The lowest BCUT2D eigenvalue weighted by molar-refractivity contribution is 0.621. The van der Waals surface area contributed by atoms with Crippen molar-refractivity contribution in [3.63, 3.8) is 0 Å². The van der Waals surface area contributed by atoms with E-state index in [4.69, 9.17) is 5.26 Å². The normalized spacial score (nSPS) is 10.6. The first-order valence-electron chi connectivity index (χ1n) is 9.24. The summed E-state index contributed by atoms with van der Waals surface area (Å²) >= 11 is 3.20. The van der Waals surface area contributed by atoms with E-state index >= 15 is 0 Å². The Kier molecular flexibility index (Phi) is 5.59. The van der Waals surface area contributed by atoms with E-state index in [0.717, 1.165) is 39.5 Å². The van der Waals surface area contributed by atoms with Gasteiger partial charge in [0.1, 0.15) is 11.6 Å². The standard InChI is InChI=1S/C23H17BrFN5/c1-14-8-15(12-26)2-4-19(14)16-6-7-27-23(10-16)28-13-18-11-22(30-29-18)17-3-5-21(25)20(24)9-17/h2-11H,13H2,1H3,(H,27,28)(H,29,30). The van der Waals surface area contributed by atoms with Crippen LogP contribution in [0.1, 0.15) is 16.8 Å². The molecule has 0 fully saturated rings. The Morgan fingerprint density at radius 2 is 1.97 bits per heavy atom. The van der Waals surface area contributed by atoms with Gasteiger partial charge in [0.25, 0.3) is 0 Å². The highest BCUT2D eigenvalue weighted by molar-refractivity contribution is 9.10. The molecule has 0 saturated heterocycles. The second kappa shape index (κ2) is 8.47. The van der Waals surface area contributed by atoms with Crippen LogP contribution in [0, 0.1) is 24.1 Å². The average Bonchev–Trinajstić information content (AvgIpc) is 3.23. The summed E-state index contributed by atoms with van der Waals surface area (Å²) in [6.07, 6.45) is 1.75. The molecule has 148 valence electrons. The molecule has 4 aromatic rings. The maximum atomic E-state index is 13.4. The minimum atomic E-state index is -0.306. The molecule has 7 heteroatoms. The van der Waals surface area contributed by atoms with Crippen molar-refractivity contribution in [1.82, 2.24) is 15.2 Å². The third kappa shape index (κ3) is 4.24. The Bertz CT molecular complexity index is 1260. The van der Waals surface area contributed by atoms with Crippen molar-refractivity contribution in [1.29, 1.82) is 5.26 Å². The number of H-pyrrole nitrogens is 1. The van der Waals surface area contributed by atoms with Gasteiger partial charge in [0, 0.05) is 11.8 Å². The number of rotatable bonds is 5. The van der Waals surface area contributed by atoms with Crippen molar-refractivity contribution in [2.75, 3.05) is 5.32 Å². The summed E-state index contributed by atoms with van der Waals surface area (Å²) in [4.78, 5) is 4.38. The van der Waals surface area contributed by atoms with Crippen molar-refractivity contribution >= 4 is 21.7 Å². The maximum absolute atomic E-state index is 13.4. The van der Waals surface area contributed by atoms with Gasteiger partial charge < -0.3 is 5.32 Å². The first kappa shape index (κ1) is 19.8. The third-order valence-corrected chi connectivity index (χ3v) is 5.34. The van der Waals surface area contributed by atoms with Crippen molar-refractivity contribution in [3.05, 3.63) is 87.9 Å². The van der Waals surface area contributed by atoms with E-state index in [0.29, 0.717) is 16.6 Å². The fourth-order valence-electron chi connectivity index (χ4n) is 3.19. The van der Waals surface area contributed by atoms with Crippen molar-refractivity contribution in [2.45, 2.75) is 13.5 Å². The summed E-state index contributed by atoms with van der Waals surface area (Å²) in [5.41, 5.74) is 6.21. The van der Waals surface area contributed by atoms with Crippen LogP contribution in [-0.4, -0.2) is 15.2 Å². The summed E-state index contributed by atoms with van der Waals surface area (Å²) in [7, 11) is 0. The van der Waals surface area contributed by atoms with Gasteiger partial charge in [-0.2, -0.15) is 10.4 Å². The number of halogens is 2. The number of aryl methyl sites for hydroxylation is 1. The number of pyridine rings is 1. The third-order valence-electron chi connectivity index (χ3n) is 4.73. The van der Waals surface area contributed by atoms with Gasteiger partial charge >= 0.3 is 0 Å². The molecule has 0 unspecified atom stereocenters. The second-order valence-electron chi connectivity index (χ2n) is 6.83. The average molecular weight is 462 g/mol. The van der Waals surface area contributed by atoms with Crippen molar-refractivity contribution in [3.8, 4) is 28.5 Å². The molecule has 0 aliphatic carbocycles. The number of nitrogens with one attached hydrogen (secondary N) is 2. The van der Waals surface area contributed by atoms with Crippen LogP contribution in [0.2, 0.25) is 0 Å². The molecule has 0 radical (unpaired) electrons. The number of nitrogens with zero attached hydrogens (tertiary/aromatic N) is 3. The number of nitriles is 1. The van der Waals surface area contributed by atoms with Crippen LogP contribution >= 0.6 is 15.9 Å². The van der Waals surface area contributed by atoms with Gasteiger partial charge in [-0.25, -0.2) is 9.37 Å². The molecule has 4 rings (SSSR count). The summed E-state index contributed by atoms with van der Waals surface area (Å²) in [5.74, 6) is 0.427. The molecule has 2 heterocycles. The van der Waals surface area contributed by atoms with Crippen LogP contribution in [0.4, 0.5) is 10.2 Å². The lowest BCUT2D eigenvalue weighted by Crippen LogP contribution is -2.01. The minimum Gasteiger partial charge on any atom is -0.364 e. The maximum Gasteiger partial charge on any atom is 0.137 e. The topological polar surface area (TPSA) is 77.4 Å². The van der Waals surface area contributed by atoms with Crippen LogP contribution in [0.3, 0.4) is 0 Å². The van der Waals surface area contributed by atoms with Gasteiger partial charge in [0.05, 0.1) is 34.0 Å². The number of aromatic amines is 1. The fourth-order valence-corrected chi connectivity index (χ4v) is 3.57. The van der Waals surface area contributed by atoms with E-state index in [9.17, 15) is 4.39 Å². The monoisotopic (exact) mass is 461 g/mol. The predicted molar refractivity (Wildman–Crippen MR) is 118 cm³/mol. The lowest BCUT2D eigenvalue weighted by Gasteiger charge is -2.09. The molecule has 2 aromatic heterocycles. The van der Waals surface area contributed by atoms with Crippen LogP contribution < -0.4 is 5.32 Å². The Balaban J connectivity index is 1.49. The van der Waals surface area contributed by atoms with Crippen LogP contribution in [0.5, 0.6) is 0 Å². The van der Waals surface area contributed by atoms with E-state index in [2.05, 4.69) is 42.5 Å². The number of anilines is 1. The van der Waals surface area contributed by atoms with Gasteiger partial charge in [-0.05, 0) is 88.1 Å². The summed E-state index contributed by atoms with van der Waals surface area (Å²) < 4.78 is 13.8. The molecule has 2 aromatic carbocycles. The van der Waals surface area contributed by atoms with E-state index in [1.165, 1.54) is 6.07 Å². The Hall–Kier alpha value is -3.50. The van der Waals surface area contributed by atoms with Gasteiger partial charge in [-0.15, -0.1) is 0 Å². The first-order valence-corrected chi connectivity index (χ1v) is 10.0. The zero-order chi connectivity index (χ0) is 21.1. The van der Waals surface area contributed by atoms with E-state index < -0.39 is 0 Å². The minimum absolute atomic E-state index is 0.306. The fraction of sp³-hybridized carbons (Fsp3) is 0.0870. The lowest BCUT2D eigenvalue weighted by atomic mass is 9.99. The van der Waals surface area contributed by atoms with Crippen LogP contribution in [-0.2, 0) is 6.54 Å². The smallest absolute Gasteiger partial charge is 0.137 e. The Morgan fingerprint density at radius 1 is 1.10 bits per heavy atom. The van der Waals surface area contributed by atoms with E-state index in [1.807, 2.05) is 43.3 Å². The molecule has 0 atom stereocenters. The number of hydrogen-bond donors (Lipinski definition) is 2. The molecule has 5 nitrogen and oxygen atoms in total. The summed E-state index contributed by atoms with van der Waals surface area (Å²) in [6.45, 7) is 2.50. The first-order chi connectivity index (χ1) is 14.5. The van der Waals surface area contributed by atoms with Gasteiger partial charge in [0.15, 0.2) is 0 Å². The predicted octanol–water partition coefficient (Wildman–Crippen LogP) is 5.83. The highest BCUT2D eigenvalue weighted by atomic mass is 79.9. The number of benzene rings is 2. The molecule has 0 spiro atoms. The molecule has 0 amide bonds. The molecule has 2 N–H and O–H groups in total. The van der Waals surface area contributed by atoms with Crippen LogP contribution in [0.25, 0.3) is 22.4 Å². The SMILES string of the molecule is Cc1cc(C#N)ccc1-c1ccnc(NCc2cc(-c3ccc(F)c(Br)c3)n[nH]2)c1. The molecule has 0 aliphatic heterocycles. The Morgan fingerprint density at radius 3 is 2.73 bits per heavy atom. The highest BCUT2D eigenvalue weighted by Crippen LogP contribution is 2.27. The quantitative estimate of drug-likeness (QED) is 0.391. The van der Waals surface area contributed by atoms with E-state index in [1.54, 1.807) is 18.3 Å². The molecule has 0 aliphatic rings. The highest BCUT2D eigenvalue weighted by Gasteiger charge is 2.08. The molecule has 0 saturated carbocycles. The Labute approximate surface area is 181 Å². The molecular formula is C23H17BrFN5. The van der Waals surface area contributed by atoms with Gasteiger partial charge in [-0.1, -0.05) is 6.07 Å². The zero-order valence-corrected chi connectivity index (χ0v) is 17.7. The van der Waals surface area contributed by atoms with Gasteiger partial charge in [-0.3, -0.25) is 5.10 Å². The van der Waals surface area contributed by atoms with Crippen LogP contribution in [0.15, 0.2) is 65.3 Å². The zero-order valence-electron chi connectivity index (χ0n) is 16.1. The molecule has 0 bridgehead atoms. The number of aromatic nitrogens is 3. The molecule has 30 heavy (non-hydrogen) atoms.